The lowest BCUT2D eigenvalue weighted by Crippen LogP contribution is -2.47. The number of nitrogens with one attached hydrogen (secondary N) is 1. The number of carboxylic acid groups (broad SMARTS) is 1. The molecule has 1 aliphatic heterocycles. The van der Waals surface area contributed by atoms with E-state index in [9.17, 15) is 9.59 Å². The first-order valence-electron chi connectivity index (χ1n) is 5.74. The smallest absolute Gasteiger partial charge is 0.305 e. The Hall–Kier alpha value is -1.50. The van der Waals surface area contributed by atoms with Crippen LogP contribution >= 0.6 is 11.8 Å². The summed E-state index contributed by atoms with van der Waals surface area (Å²) in [6.07, 6.45) is 1.87. The molecule has 0 spiro atoms. The lowest BCUT2D eigenvalue weighted by atomic mass is 10.1. The van der Waals surface area contributed by atoms with E-state index < -0.39 is 5.97 Å². The average molecular weight is 269 g/mol. The van der Waals surface area contributed by atoms with Gasteiger partial charge in [0, 0.05) is 29.9 Å². The minimum atomic E-state index is -0.859. The van der Waals surface area contributed by atoms with Crippen LogP contribution in [0.5, 0.6) is 0 Å². The summed E-state index contributed by atoms with van der Waals surface area (Å²) in [6, 6.07) is 1.56. The Balaban J connectivity index is 1.99. The van der Waals surface area contributed by atoms with Gasteiger partial charge in [-0.1, -0.05) is 0 Å². The van der Waals surface area contributed by atoms with Crippen LogP contribution in [0, 0.1) is 0 Å². The van der Waals surface area contributed by atoms with Crippen LogP contribution in [0.15, 0.2) is 12.3 Å². The summed E-state index contributed by atoms with van der Waals surface area (Å²) in [4.78, 5) is 24.6. The highest BCUT2D eigenvalue weighted by Gasteiger charge is 2.28. The van der Waals surface area contributed by atoms with Crippen molar-refractivity contribution in [3.8, 4) is 0 Å². The molecule has 2 rings (SSSR count). The van der Waals surface area contributed by atoms with Gasteiger partial charge in [-0.05, 0) is 6.07 Å². The van der Waals surface area contributed by atoms with Crippen molar-refractivity contribution >= 4 is 23.6 Å². The number of nitrogens with zero attached hydrogens (tertiary/aromatic N) is 2. The molecule has 1 aromatic heterocycles. The number of carbonyl (C=O) groups is 2. The van der Waals surface area contributed by atoms with Gasteiger partial charge >= 0.3 is 5.97 Å². The summed E-state index contributed by atoms with van der Waals surface area (Å²) in [5.41, 5.74) is 0.757. The van der Waals surface area contributed by atoms with Gasteiger partial charge in [0.2, 0.25) is 5.91 Å². The average Bonchev–Trinajstić information content (AvgIpc) is 2.81. The number of carboxylic acids is 1. The van der Waals surface area contributed by atoms with Crippen molar-refractivity contribution < 1.29 is 14.7 Å². The second-order valence-electron chi connectivity index (χ2n) is 4.17. The highest BCUT2D eigenvalue weighted by molar-refractivity contribution is 7.99. The summed E-state index contributed by atoms with van der Waals surface area (Å²) in [5.74, 6) is 0.666. The molecule has 98 valence electrons. The minimum Gasteiger partial charge on any atom is -0.481 e. The fourth-order valence-corrected chi connectivity index (χ4v) is 3.06. The summed E-state index contributed by atoms with van der Waals surface area (Å²) in [5, 5.41) is 15.4. The topological polar surface area (TPSA) is 86.3 Å². The molecule has 2 N–H and O–H groups in total. The van der Waals surface area contributed by atoms with Gasteiger partial charge in [-0.2, -0.15) is 16.9 Å². The number of hydrogen-bond donors (Lipinski definition) is 2. The maximum atomic E-state index is 12.1. The first kappa shape index (κ1) is 12.9. The quantitative estimate of drug-likeness (QED) is 0.824. The Bertz CT molecular complexity index is 421. The van der Waals surface area contributed by atoms with Crippen LogP contribution in [0.3, 0.4) is 0 Å². The van der Waals surface area contributed by atoms with Gasteiger partial charge in [0.15, 0.2) is 0 Å². The highest BCUT2D eigenvalue weighted by Crippen LogP contribution is 2.19. The Morgan fingerprint density at radius 2 is 2.44 bits per heavy atom. The van der Waals surface area contributed by atoms with Crippen molar-refractivity contribution in [2.75, 3.05) is 18.1 Å². The standard InChI is InChI=1S/C11H15N3O3S/c15-10(5-8-1-2-12-13-8)14-3-4-18-7-9(14)6-11(16)17/h1-2,9H,3-7H2,(H,12,13)(H,16,17). The molecular formula is C11H15N3O3S. The van der Waals surface area contributed by atoms with Gasteiger partial charge in [-0.25, -0.2) is 0 Å². The van der Waals surface area contributed by atoms with E-state index in [1.807, 2.05) is 0 Å². The largest absolute Gasteiger partial charge is 0.481 e. The molecule has 1 saturated heterocycles. The predicted octanol–water partition coefficient (Wildman–Crippen LogP) is 0.371. The third-order valence-electron chi connectivity index (χ3n) is 2.86. The number of carbonyl (C=O) groups excluding carboxylic acids is 1. The molecule has 1 amide bonds. The molecule has 18 heavy (non-hydrogen) atoms. The molecule has 0 aromatic carbocycles. The first-order chi connectivity index (χ1) is 8.66. The fourth-order valence-electron chi connectivity index (χ4n) is 2.00. The minimum absolute atomic E-state index is 0.0156. The van der Waals surface area contributed by atoms with E-state index in [-0.39, 0.29) is 24.8 Å². The van der Waals surface area contributed by atoms with Gasteiger partial charge in [0.1, 0.15) is 0 Å². The Kier molecular flexibility index (Phi) is 4.24. The second kappa shape index (κ2) is 5.90. The molecule has 2 heterocycles. The number of H-pyrrole nitrogens is 1. The molecular weight excluding hydrogens is 254 g/mol. The van der Waals surface area contributed by atoms with Crippen LogP contribution < -0.4 is 0 Å². The molecule has 1 fully saturated rings. The molecule has 0 bridgehead atoms. The van der Waals surface area contributed by atoms with Crippen LogP contribution in [0.1, 0.15) is 12.1 Å². The predicted molar refractivity (Wildman–Crippen MR) is 67.4 cm³/mol. The first-order valence-corrected chi connectivity index (χ1v) is 6.89. The third-order valence-corrected chi connectivity index (χ3v) is 3.95. The van der Waals surface area contributed by atoms with Gasteiger partial charge in [0.25, 0.3) is 0 Å². The number of aromatic nitrogens is 2. The van der Waals surface area contributed by atoms with E-state index in [0.29, 0.717) is 12.3 Å². The molecule has 7 heteroatoms. The Labute approximate surface area is 109 Å². The summed E-state index contributed by atoms with van der Waals surface area (Å²) in [6.45, 7) is 0.621. The molecule has 0 saturated carbocycles. The number of aliphatic carboxylic acids is 1. The monoisotopic (exact) mass is 269 g/mol. The summed E-state index contributed by atoms with van der Waals surface area (Å²) < 4.78 is 0. The highest BCUT2D eigenvalue weighted by atomic mass is 32.2. The number of aromatic amines is 1. The maximum Gasteiger partial charge on any atom is 0.305 e. The number of thioether (sulfide) groups is 1. The number of hydrogen-bond acceptors (Lipinski definition) is 4. The summed E-state index contributed by atoms with van der Waals surface area (Å²) in [7, 11) is 0. The molecule has 1 unspecified atom stereocenters. The SMILES string of the molecule is O=C(O)CC1CSCCN1C(=O)Cc1ccn[nH]1. The van der Waals surface area contributed by atoms with Crippen LogP contribution in [-0.2, 0) is 16.0 Å². The zero-order valence-corrected chi connectivity index (χ0v) is 10.7. The van der Waals surface area contributed by atoms with E-state index >= 15 is 0 Å². The van der Waals surface area contributed by atoms with Crippen molar-refractivity contribution in [1.82, 2.24) is 15.1 Å². The van der Waals surface area contributed by atoms with Gasteiger partial charge < -0.3 is 10.0 Å². The Morgan fingerprint density at radius 1 is 1.61 bits per heavy atom. The zero-order chi connectivity index (χ0) is 13.0. The molecule has 6 nitrogen and oxygen atoms in total. The van der Waals surface area contributed by atoms with Crippen molar-refractivity contribution in [1.29, 1.82) is 0 Å². The van der Waals surface area contributed by atoms with Crippen LogP contribution in [-0.4, -0.2) is 56.2 Å². The van der Waals surface area contributed by atoms with E-state index in [1.54, 1.807) is 28.9 Å². The van der Waals surface area contributed by atoms with E-state index in [4.69, 9.17) is 5.11 Å². The van der Waals surface area contributed by atoms with Crippen molar-refractivity contribution in [3.05, 3.63) is 18.0 Å². The number of rotatable bonds is 4. The van der Waals surface area contributed by atoms with Gasteiger partial charge in [-0.3, -0.25) is 14.7 Å². The van der Waals surface area contributed by atoms with Crippen LogP contribution in [0.25, 0.3) is 0 Å². The lowest BCUT2D eigenvalue weighted by molar-refractivity contribution is -0.140. The molecule has 1 aliphatic rings. The molecule has 1 atom stereocenters. The van der Waals surface area contributed by atoms with E-state index in [1.165, 1.54) is 0 Å². The molecule has 0 radical (unpaired) electrons. The molecule has 0 aliphatic carbocycles. The van der Waals surface area contributed by atoms with E-state index in [2.05, 4.69) is 10.2 Å². The third kappa shape index (κ3) is 3.25. The maximum absolute atomic E-state index is 12.1. The second-order valence-corrected chi connectivity index (χ2v) is 5.32. The fraction of sp³-hybridized carbons (Fsp3) is 0.545. The van der Waals surface area contributed by atoms with Crippen LogP contribution in [0.4, 0.5) is 0 Å². The Morgan fingerprint density at radius 3 is 3.11 bits per heavy atom. The van der Waals surface area contributed by atoms with Crippen molar-refractivity contribution in [2.45, 2.75) is 18.9 Å². The zero-order valence-electron chi connectivity index (χ0n) is 9.83. The summed E-state index contributed by atoms with van der Waals surface area (Å²) >= 11 is 1.70. The molecule has 1 aromatic rings. The lowest BCUT2D eigenvalue weighted by Gasteiger charge is -2.34. The van der Waals surface area contributed by atoms with Gasteiger partial charge in [0.05, 0.1) is 18.9 Å². The normalized spacial score (nSPS) is 19.8. The van der Waals surface area contributed by atoms with Gasteiger partial charge in [-0.15, -0.1) is 0 Å². The van der Waals surface area contributed by atoms with Crippen LogP contribution in [0.2, 0.25) is 0 Å². The number of amides is 1. The van der Waals surface area contributed by atoms with Crippen molar-refractivity contribution in [3.63, 3.8) is 0 Å². The van der Waals surface area contributed by atoms with E-state index in [0.717, 1.165) is 11.4 Å². The van der Waals surface area contributed by atoms with Crippen molar-refractivity contribution in [2.24, 2.45) is 0 Å².